The Balaban J connectivity index is 1.82. The summed E-state index contributed by atoms with van der Waals surface area (Å²) < 4.78 is 54.8. The molecule has 0 spiro atoms. The van der Waals surface area contributed by atoms with Crippen LogP contribution in [0.5, 0.6) is 0 Å². The number of halogens is 3. The molecule has 49 heavy (non-hydrogen) atoms. The highest BCUT2D eigenvalue weighted by Gasteiger charge is 2.51. The lowest BCUT2D eigenvalue weighted by Gasteiger charge is -2.32. The summed E-state index contributed by atoms with van der Waals surface area (Å²) in [5, 5.41) is 16.8. The van der Waals surface area contributed by atoms with E-state index in [-0.39, 0.29) is 18.0 Å². The Labute approximate surface area is 279 Å². The molecule has 13 nitrogen and oxygen atoms in total. The molecule has 4 N–H and O–H groups in total. The van der Waals surface area contributed by atoms with Gasteiger partial charge in [-0.05, 0) is 56.5 Å². The molecule has 0 aliphatic rings. The topological polar surface area (TPSA) is 178 Å². The summed E-state index contributed by atoms with van der Waals surface area (Å²) in [5.74, 6) is -10.1. The average Bonchev–Trinajstić information content (AvgIpc) is 3.03. The van der Waals surface area contributed by atoms with Crippen molar-refractivity contribution in [3.8, 4) is 11.4 Å². The zero-order valence-electron chi connectivity index (χ0n) is 27.5. The minimum Gasteiger partial charge on any atom is -0.459 e. The van der Waals surface area contributed by atoms with Crippen LogP contribution in [-0.4, -0.2) is 68.7 Å². The Morgan fingerprint density at radius 2 is 1.63 bits per heavy atom. The van der Waals surface area contributed by atoms with Gasteiger partial charge in [0.2, 0.25) is 5.91 Å². The number of rotatable bonds is 13. The third-order valence-corrected chi connectivity index (χ3v) is 6.77. The highest BCUT2D eigenvalue weighted by molar-refractivity contribution is 5.88. The van der Waals surface area contributed by atoms with Crippen LogP contribution in [0.3, 0.4) is 0 Å². The highest BCUT2D eigenvalue weighted by Crippen LogP contribution is 2.25. The smallest absolute Gasteiger partial charge is 0.412 e. The van der Waals surface area contributed by atoms with Crippen LogP contribution >= 0.6 is 0 Å². The third-order valence-electron chi connectivity index (χ3n) is 6.77. The number of carbonyl (C=O) groups excluding carboxylic acids is 4. The standard InChI is InChI=1S/C33H38F3N5O8/c1-19(2)26(27(44)33(35,36)30(46)38-16-25(43)49-32(3,4)5)40-24(42)17-41-28(21-11-13-22(34)14-12-21)37-15-23(29(41)45)39-31(47)48-18-20-9-7-6-8-10-20/h6-15,19,26-27,44H,16-18H2,1-5H3,(H,38,46)(H,39,47)(H,40,42). The van der Waals surface area contributed by atoms with Gasteiger partial charge in [0.15, 0.2) is 0 Å². The van der Waals surface area contributed by atoms with Gasteiger partial charge in [0.1, 0.15) is 48.7 Å². The predicted molar refractivity (Wildman–Crippen MR) is 171 cm³/mol. The number of esters is 1. The molecule has 0 radical (unpaired) electrons. The van der Waals surface area contributed by atoms with Gasteiger partial charge in [0.25, 0.3) is 11.5 Å². The fourth-order valence-corrected chi connectivity index (χ4v) is 4.42. The molecule has 0 aliphatic heterocycles. The van der Waals surface area contributed by atoms with Crippen molar-refractivity contribution in [1.29, 1.82) is 0 Å². The van der Waals surface area contributed by atoms with Gasteiger partial charge in [-0.25, -0.2) is 14.2 Å². The third kappa shape index (κ3) is 10.9. The van der Waals surface area contributed by atoms with Crippen molar-refractivity contribution in [3.05, 3.63) is 82.5 Å². The molecular weight excluding hydrogens is 651 g/mol. The highest BCUT2D eigenvalue weighted by atomic mass is 19.3. The lowest BCUT2D eigenvalue weighted by molar-refractivity contribution is -0.171. The number of benzene rings is 2. The van der Waals surface area contributed by atoms with Gasteiger partial charge in [0.05, 0.1) is 12.2 Å². The van der Waals surface area contributed by atoms with E-state index in [1.807, 2.05) is 0 Å². The Bertz CT molecular complexity index is 1690. The lowest BCUT2D eigenvalue weighted by Crippen LogP contribution is -2.60. The number of nitrogens with one attached hydrogen (secondary N) is 3. The van der Waals surface area contributed by atoms with E-state index in [0.717, 1.165) is 22.9 Å². The van der Waals surface area contributed by atoms with Gasteiger partial charge in [-0.15, -0.1) is 0 Å². The molecule has 2 atom stereocenters. The second-order valence-corrected chi connectivity index (χ2v) is 12.3. The van der Waals surface area contributed by atoms with Crippen molar-refractivity contribution in [2.75, 3.05) is 11.9 Å². The van der Waals surface area contributed by atoms with Gasteiger partial charge in [0, 0.05) is 5.56 Å². The first-order valence-electron chi connectivity index (χ1n) is 15.1. The van der Waals surface area contributed by atoms with Crippen molar-refractivity contribution >= 4 is 29.6 Å². The molecule has 2 aromatic carbocycles. The Kier molecular flexibility index (Phi) is 12.7. The van der Waals surface area contributed by atoms with E-state index in [1.165, 1.54) is 26.0 Å². The van der Waals surface area contributed by atoms with Crippen LogP contribution in [0.1, 0.15) is 40.2 Å². The number of hydrogen-bond donors (Lipinski definition) is 4. The summed E-state index contributed by atoms with van der Waals surface area (Å²) in [4.78, 5) is 67.7. The molecule has 1 aromatic heterocycles. The monoisotopic (exact) mass is 689 g/mol. The van der Waals surface area contributed by atoms with E-state index < -0.39 is 83.6 Å². The van der Waals surface area contributed by atoms with Gasteiger partial charge in [-0.2, -0.15) is 8.78 Å². The zero-order valence-corrected chi connectivity index (χ0v) is 27.5. The SMILES string of the molecule is CC(C)C(NC(=O)Cn1c(-c2ccc(F)cc2)ncc(NC(=O)OCc2ccccc2)c1=O)C(O)C(F)(F)C(=O)NCC(=O)OC(C)(C)C. The lowest BCUT2D eigenvalue weighted by atomic mass is 9.93. The van der Waals surface area contributed by atoms with Gasteiger partial charge < -0.3 is 25.2 Å². The number of alkyl halides is 2. The maximum Gasteiger partial charge on any atom is 0.412 e. The van der Waals surface area contributed by atoms with Crippen molar-refractivity contribution in [2.24, 2.45) is 5.92 Å². The molecule has 0 bridgehead atoms. The second-order valence-electron chi connectivity index (χ2n) is 12.3. The molecule has 0 aliphatic carbocycles. The molecular formula is C33H38F3N5O8. The molecule has 1 heterocycles. The molecule has 264 valence electrons. The largest absolute Gasteiger partial charge is 0.459 e. The Hall–Kier alpha value is -5.25. The molecule has 3 amide bonds. The number of aromatic nitrogens is 2. The van der Waals surface area contributed by atoms with E-state index >= 15 is 8.78 Å². The van der Waals surface area contributed by atoms with Crippen LogP contribution < -0.4 is 21.5 Å². The van der Waals surface area contributed by atoms with Crippen molar-refractivity contribution in [3.63, 3.8) is 0 Å². The molecule has 2 unspecified atom stereocenters. The Morgan fingerprint density at radius 3 is 2.22 bits per heavy atom. The summed E-state index contributed by atoms with van der Waals surface area (Å²) >= 11 is 0. The molecule has 0 saturated carbocycles. The average molecular weight is 690 g/mol. The number of anilines is 1. The predicted octanol–water partition coefficient (Wildman–Crippen LogP) is 3.39. The Morgan fingerprint density at radius 1 is 1.00 bits per heavy atom. The first-order chi connectivity index (χ1) is 22.9. The summed E-state index contributed by atoms with van der Waals surface area (Å²) in [5.41, 5.74) is -1.42. The van der Waals surface area contributed by atoms with Gasteiger partial charge in [-0.1, -0.05) is 44.2 Å². The number of aliphatic hydroxyl groups is 1. The van der Waals surface area contributed by atoms with Crippen LogP contribution in [0.4, 0.5) is 23.7 Å². The molecule has 3 rings (SSSR count). The first-order valence-corrected chi connectivity index (χ1v) is 15.1. The van der Waals surface area contributed by atoms with Crippen LogP contribution in [0, 0.1) is 11.7 Å². The van der Waals surface area contributed by atoms with E-state index in [0.29, 0.717) is 5.56 Å². The van der Waals surface area contributed by atoms with Crippen LogP contribution in [0.15, 0.2) is 65.6 Å². The number of nitrogens with zero attached hydrogens (tertiary/aromatic N) is 2. The summed E-state index contributed by atoms with van der Waals surface area (Å²) in [6, 6.07) is 11.7. The molecule has 0 fully saturated rings. The number of aliphatic hydroxyl groups excluding tert-OH is 1. The van der Waals surface area contributed by atoms with Crippen LogP contribution in [-0.2, 0) is 37.0 Å². The minimum absolute atomic E-state index is 0.118. The maximum atomic E-state index is 15.1. The van der Waals surface area contributed by atoms with E-state index in [1.54, 1.807) is 56.4 Å². The van der Waals surface area contributed by atoms with Crippen molar-refractivity contribution < 1.29 is 46.9 Å². The molecule has 0 saturated heterocycles. The zero-order chi connectivity index (χ0) is 36.5. The molecule has 3 aromatic rings. The fourth-order valence-electron chi connectivity index (χ4n) is 4.42. The van der Waals surface area contributed by atoms with Crippen LogP contribution in [0.2, 0.25) is 0 Å². The summed E-state index contributed by atoms with van der Waals surface area (Å²) in [6.45, 7) is 5.54. The number of ether oxygens (including phenoxy) is 2. The van der Waals surface area contributed by atoms with Crippen LogP contribution in [0.25, 0.3) is 11.4 Å². The van der Waals surface area contributed by atoms with Crippen molar-refractivity contribution in [2.45, 2.75) is 71.4 Å². The van der Waals surface area contributed by atoms with Gasteiger partial charge in [-0.3, -0.25) is 29.1 Å². The minimum atomic E-state index is -4.48. The second kappa shape index (κ2) is 16.2. The summed E-state index contributed by atoms with van der Waals surface area (Å²) in [7, 11) is 0. The normalized spacial score (nSPS) is 12.9. The fraction of sp³-hybridized carbons (Fsp3) is 0.394. The van der Waals surface area contributed by atoms with E-state index in [4.69, 9.17) is 9.47 Å². The van der Waals surface area contributed by atoms with E-state index in [2.05, 4.69) is 15.6 Å². The summed E-state index contributed by atoms with van der Waals surface area (Å²) in [6.07, 6.45) is -2.77. The van der Waals surface area contributed by atoms with E-state index in [9.17, 15) is 33.5 Å². The number of amides is 3. The molecule has 16 heteroatoms. The number of hydrogen-bond acceptors (Lipinski definition) is 9. The first kappa shape index (κ1) is 38.2. The quantitative estimate of drug-likeness (QED) is 0.196. The number of carbonyl (C=O) groups is 4. The maximum absolute atomic E-state index is 15.1. The van der Waals surface area contributed by atoms with Gasteiger partial charge >= 0.3 is 18.0 Å². The van der Waals surface area contributed by atoms with Crippen molar-refractivity contribution in [1.82, 2.24) is 20.2 Å².